The number of benzene rings is 1. The second kappa shape index (κ2) is 4.63. The minimum Gasteiger partial charge on any atom is -0.468 e. The maximum Gasteiger partial charge on any atom is 0.327 e. The van der Waals surface area contributed by atoms with Gasteiger partial charge in [-0.1, -0.05) is 12.1 Å². The molecule has 0 saturated carbocycles. The number of carbonyl (C=O) groups is 1. The van der Waals surface area contributed by atoms with Crippen LogP contribution >= 0.6 is 0 Å². The lowest BCUT2D eigenvalue weighted by Crippen LogP contribution is -2.22. The van der Waals surface area contributed by atoms with E-state index in [0.29, 0.717) is 5.56 Å². The topological polar surface area (TPSA) is 86.5 Å². The van der Waals surface area contributed by atoms with Crippen LogP contribution in [0.4, 0.5) is 0 Å². The molecule has 0 aliphatic carbocycles. The maximum atomic E-state index is 11.3. The zero-order valence-electron chi connectivity index (χ0n) is 9.01. The average molecular weight is 243 g/mol. The second-order valence-corrected chi connectivity index (χ2v) is 5.36. The van der Waals surface area contributed by atoms with Crippen LogP contribution in [0, 0.1) is 0 Å². The van der Waals surface area contributed by atoms with Gasteiger partial charge in [-0.2, -0.15) is 0 Å². The van der Waals surface area contributed by atoms with E-state index in [-0.39, 0.29) is 4.90 Å². The van der Waals surface area contributed by atoms with Gasteiger partial charge in [-0.15, -0.1) is 0 Å². The molecule has 0 aliphatic rings. The van der Waals surface area contributed by atoms with E-state index >= 15 is 0 Å². The van der Waals surface area contributed by atoms with Gasteiger partial charge in [0.15, 0.2) is 9.84 Å². The summed E-state index contributed by atoms with van der Waals surface area (Å²) < 4.78 is 27.1. The molecule has 16 heavy (non-hydrogen) atoms. The van der Waals surface area contributed by atoms with Crippen LogP contribution in [-0.2, 0) is 19.4 Å². The van der Waals surface area contributed by atoms with Crippen LogP contribution in [0.1, 0.15) is 11.6 Å². The van der Waals surface area contributed by atoms with Crippen molar-refractivity contribution in [2.45, 2.75) is 10.9 Å². The summed E-state index contributed by atoms with van der Waals surface area (Å²) in [6.45, 7) is 0. The molecule has 0 amide bonds. The Bertz CT molecular complexity index is 495. The van der Waals surface area contributed by atoms with Gasteiger partial charge in [-0.25, -0.2) is 8.42 Å². The fourth-order valence-corrected chi connectivity index (χ4v) is 1.88. The summed E-state index contributed by atoms with van der Waals surface area (Å²) in [6.07, 6.45) is 1.09. The number of sulfone groups is 1. The van der Waals surface area contributed by atoms with E-state index in [1.165, 1.54) is 25.3 Å². The molecule has 1 rings (SSSR count). The lowest BCUT2D eigenvalue weighted by atomic mass is 10.1. The number of carbonyl (C=O) groups excluding carboxylic acids is 1. The molecule has 0 heterocycles. The van der Waals surface area contributed by atoms with Crippen molar-refractivity contribution < 1.29 is 17.9 Å². The summed E-state index contributed by atoms with van der Waals surface area (Å²) in [5.41, 5.74) is 6.00. The number of rotatable bonds is 3. The monoisotopic (exact) mass is 243 g/mol. The molecule has 2 N–H and O–H groups in total. The Morgan fingerprint density at radius 3 is 2.56 bits per heavy atom. The van der Waals surface area contributed by atoms with Crippen LogP contribution in [0.15, 0.2) is 29.2 Å². The molecule has 0 spiro atoms. The highest BCUT2D eigenvalue weighted by Crippen LogP contribution is 2.16. The van der Waals surface area contributed by atoms with Crippen LogP contribution in [0.3, 0.4) is 0 Å². The zero-order valence-corrected chi connectivity index (χ0v) is 9.82. The van der Waals surface area contributed by atoms with Gasteiger partial charge in [-0.05, 0) is 17.7 Å². The van der Waals surface area contributed by atoms with Crippen LogP contribution < -0.4 is 5.73 Å². The van der Waals surface area contributed by atoms with Gasteiger partial charge in [0.25, 0.3) is 0 Å². The fraction of sp³-hybridized carbons (Fsp3) is 0.300. The summed E-state index contributed by atoms with van der Waals surface area (Å²) >= 11 is 0. The largest absolute Gasteiger partial charge is 0.468 e. The maximum absolute atomic E-state index is 11.3. The molecule has 0 bridgehead atoms. The number of methoxy groups -OCH3 is 1. The third kappa shape index (κ3) is 2.80. The van der Waals surface area contributed by atoms with E-state index < -0.39 is 21.8 Å². The molecule has 0 saturated heterocycles. The van der Waals surface area contributed by atoms with E-state index in [1.807, 2.05) is 0 Å². The first kappa shape index (κ1) is 12.7. The summed E-state index contributed by atoms with van der Waals surface area (Å²) in [7, 11) is -2.07. The molecule has 0 aliphatic heterocycles. The number of esters is 1. The SMILES string of the molecule is COC(=O)C(N)c1cccc(S(C)(=O)=O)c1. The second-order valence-electron chi connectivity index (χ2n) is 3.35. The van der Waals surface area contributed by atoms with Crippen LogP contribution in [0.5, 0.6) is 0 Å². The summed E-state index contributed by atoms with van der Waals surface area (Å²) in [5.74, 6) is -0.606. The van der Waals surface area contributed by atoms with Crippen molar-refractivity contribution >= 4 is 15.8 Å². The Kier molecular flexibility index (Phi) is 3.66. The van der Waals surface area contributed by atoms with Crippen molar-refractivity contribution in [2.24, 2.45) is 5.73 Å². The molecule has 1 aromatic carbocycles. The first-order chi connectivity index (χ1) is 7.36. The van der Waals surface area contributed by atoms with E-state index in [2.05, 4.69) is 4.74 Å². The van der Waals surface area contributed by atoms with Gasteiger partial charge >= 0.3 is 5.97 Å². The van der Waals surface area contributed by atoms with Crippen molar-refractivity contribution in [1.82, 2.24) is 0 Å². The fourth-order valence-electron chi connectivity index (χ4n) is 1.20. The molecule has 5 nitrogen and oxygen atoms in total. The quantitative estimate of drug-likeness (QED) is 0.770. The number of hydrogen-bond acceptors (Lipinski definition) is 5. The molecule has 88 valence electrons. The van der Waals surface area contributed by atoms with Crippen molar-refractivity contribution in [3.8, 4) is 0 Å². The van der Waals surface area contributed by atoms with Crippen LogP contribution in [0.2, 0.25) is 0 Å². The first-order valence-corrected chi connectivity index (χ1v) is 6.39. The summed E-state index contributed by atoms with van der Waals surface area (Å²) in [5, 5.41) is 0. The first-order valence-electron chi connectivity index (χ1n) is 4.49. The summed E-state index contributed by atoms with van der Waals surface area (Å²) in [4.78, 5) is 11.3. The molecule has 1 unspecified atom stereocenters. The summed E-state index contributed by atoms with van der Waals surface area (Å²) in [6, 6.07) is 4.97. The third-order valence-corrected chi connectivity index (χ3v) is 3.21. The van der Waals surface area contributed by atoms with E-state index in [9.17, 15) is 13.2 Å². The van der Waals surface area contributed by atoms with Crippen molar-refractivity contribution in [2.75, 3.05) is 13.4 Å². The Hall–Kier alpha value is -1.40. The Balaban J connectivity index is 3.13. The minimum absolute atomic E-state index is 0.129. The highest BCUT2D eigenvalue weighted by atomic mass is 32.2. The van der Waals surface area contributed by atoms with Gasteiger partial charge in [-0.3, -0.25) is 4.79 Å². The number of nitrogens with two attached hydrogens (primary N) is 1. The van der Waals surface area contributed by atoms with Gasteiger partial charge < -0.3 is 10.5 Å². The molecule has 1 aromatic rings. The van der Waals surface area contributed by atoms with E-state index in [4.69, 9.17) is 5.73 Å². The highest BCUT2D eigenvalue weighted by Gasteiger charge is 2.17. The average Bonchev–Trinajstić information content (AvgIpc) is 2.26. The van der Waals surface area contributed by atoms with Crippen LogP contribution in [-0.4, -0.2) is 27.8 Å². The third-order valence-electron chi connectivity index (χ3n) is 2.10. The van der Waals surface area contributed by atoms with Gasteiger partial charge in [0.2, 0.25) is 0 Å². The Morgan fingerprint density at radius 2 is 2.06 bits per heavy atom. The Morgan fingerprint density at radius 1 is 1.44 bits per heavy atom. The van der Waals surface area contributed by atoms with Crippen LogP contribution in [0.25, 0.3) is 0 Å². The van der Waals surface area contributed by atoms with E-state index in [1.54, 1.807) is 6.07 Å². The van der Waals surface area contributed by atoms with Gasteiger partial charge in [0.05, 0.1) is 12.0 Å². The minimum atomic E-state index is -3.30. The standard InChI is InChI=1S/C10H13NO4S/c1-15-10(12)9(11)7-4-3-5-8(6-7)16(2,13)14/h3-6,9H,11H2,1-2H3. The zero-order chi connectivity index (χ0) is 12.3. The Labute approximate surface area is 94.1 Å². The van der Waals surface area contributed by atoms with Crippen molar-refractivity contribution in [3.63, 3.8) is 0 Å². The lowest BCUT2D eigenvalue weighted by molar-refractivity contribution is -0.142. The molecule has 0 aromatic heterocycles. The van der Waals surface area contributed by atoms with Gasteiger partial charge in [0.1, 0.15) is 6.04 Å². The highest BCUT2D eigenvalue weighted by molar-refractivity contribution is 7.90. The van der Waals surface area contributed by atoms with Crippen molar-refractivity contribution in [1.29, 1.82) is 0 Å². The predicted octanol–water partition coefficient (Wildman–Crippen LogP) is 0.263. The smallest absolute Gasteiger partial charge is 0.327 e. The van der Waals surface area contributed by atoms with E-state index in [0.717, 1.165) is 6.26 Å². The number of ether oxygens (including phenoxy) is 1. The normalized spacial score (nSPS) is 13.2. The molecular formula is C10H13NO4S. The molecular weight excluding hydrogens is 230 g/mol. The molecule has 0 fully saturated rings. The molecule has 0 radical (unpaired) electrons. The lowest BCUT2D eigenvalue weighted by Gasteiger charge is -2.10. The number of hydrogen-bond donors (Lipinski definition) is 1. The van der Waals surface area contributed by atoms with Crippen molar-refractivity contribution in [3.05, 3.63) is 29.8 Å². The molecule has 1 atom stereocenters. The molecule has 6 heteroatoms. The predicted molar refractivity (Wildman–Crippen MR) is 58.5 cm³/mol. The van der Waals surface area contributed by atoms with Gasteiger partial charge in [0, 0.05) is 6.26 Å².